The van der Waals surface area contributed by atoms with Crippen molar-refractivity contribution >= 4 is 28.0 Å². The summed E-state index contributed by atoms with van der Waals surface area (Å²) in [5.41, 5.74) is 13.3. The molecule has 1 fully saturated rings. The molecule has 0 aliphatic carbocycles. The number of imidazole rings is 1. The van der Waals surface area contributed by atoms with Crippen molar-refractivity contribution in [2.75, 3.05) is 20.2 Å². The third kappa shape index (κ3) is 6.14. The molecule has 2 atom stereocenters. The van der Waals surface area contributed by atoms with Crippen LogP contribution in [-0.4, -0.2) is 72.4 Å². The number of amides is 1. The second kappa shape index (κ2) is 12.9. The number of benzene rings is 2. The number of aryl methyl sites for hydroxylation is 2. The summed E-state index contributed by atoms with van der Waals surface area (Å²) in [6, 6.07) is 19.7. The Bertz CT molecular complexity index is 2280. The summed E-state index contributed by atoms with van der Waals surface area (Å²) in [6.45, 7) is 4.86. The molecule has 3 N–H and O–H groups in total. The van der Waals surface area contributed by atoms with Crippen LogP contribution in [0.4, 0.5) is 4.39 Å². The van der Waals surface area contributed by atoms with E-state index in [0.717, 1.165) is 58.2 Å². The van der Waals surface area contributed by atoms with Crippen LogP contribution in [0.3, 0.4) is 0 Å². The van der Waals surface area contributed by atoms with Crippen LogP contribution in [0.25, 0.3) is 44.7 Å². The largest absolute Gasteiger partial charge is 0.494 e. The Morgan fingerprint density at radius 1 is 1.02 bits per heavy atom. The van der Waals surface area contributed by atoms with E-state index in [1.54, 1.807) is 33.1 Å². The van der Waals surface area contributed by atoms with Crippen molar-refractivity contribution in [3.63, 3.8) is 0 Å². The van der Waals surface area contributed by atoms with Crippen molar-refractivity contribution in [2.45, 2.75) is 70.4 Å². The van der Waals surface area contributed by atoms with E-state index >= 15 is 0 Å². The van der Waals surface area contributed by atoms with Crippen molar-refractivity contribution in [3.8, 4) is 28.4 Å². The average molecular weight is 688 g/mol. The zero-order valence-corrected chi connectivity index (χ0v) is 29.1. The third-order valence-corrected chi connectivity index (χ3v) is 10.1. The lowest BCUT2D eigenvalue weighted by Crippen LogP contribution is -2.50. The fourth-order valence-corrected chi connectivity index (χ4v) is 7.67. The molecule has 0 saturated carbocycles. The Hall–Kier alpha value is -5.13. The average Bonchev–Trinajstić information content (AvgIpc) is 3.66. The molecule has 2 aromatic carbocycles. The molecule has 0 unspecified atom stereocenters. The van der Waals surface area contributed by atoms with Crippen LogP contribution in [0.15, 0.2) is 73.1 Å². The van der Waals surface area contributed by atoms with Gasteiger partial charge in [-0.1, -0.05) is 24.3 Å². The minimum Gasteiger partial charge on any atom is -0.494 e. The molecule has 2 bridgehead atoms. The lowest BCUT2D eigenvalue weighted by molar-refractivity contribution is 0.0606. The lowest BCUT2D eigenvalue weighted by atomic mass is 9.96. The highest BCUT2D eigenvalue weighted by atomic mass is 19.1. The van der Waals surface area contributed by atoms with E-state index in [-0.39, 0.29) is 25.4 Å². The SMILES string of the molecule is COc1cc(C(=O)N2C[C@H](N)C[C@@H](F)C2)cc2nc3n(c12)Cc1cncc(c1)-c1ccccc1CCCCn1c-3cc2ccc(C(C)(C)O)nc21. The molecule has 0 radical (unpaired) electrons. The third-order valence-electron chi connectivity index (χ3n) is 10.1. The highest BCUT2D eigenvalue weighted by Crippen LogP contribution is 2.37. The van der Waals surface area contributed by atoms with Gasteiger partial charge in [0.25, 0.3) is 5.91 Å². The second-order valence-corrected chi connectivity index (χ2v) is 14.4. The molecule has 1 amide bonds. The number of halogens is 1. The molecule has 262 valence electrons. The number of hydrogen-bond donors (Lipinski definition) is 2. The highest BCUT2D eigenvalue weighted by Gasteiger charge is 2.31. The van der Waals surface area contributed by atoms with Crippen molar-refractivity contribution in [2.24, 2.45) is 5.73 Å². The van der Waals surface area contributed by atoms with Crippen LogP contribution in [-0.2, 0) is 25.1 Å². The molecule has 11 heteroatoms. The number of fused-ring (bicyclic) bond motifs is 11. The van der Waals surface area contributed by atoms with E-state index in [1.807, 2.05) is 24.5 Å². The number of aliphatic hydroxyl groups is 1. The normalized spacial score (nSPS) is 18.2. The topological polar surface area (TPSA) is 124 Å². The van der Waals surface area contributed by atoms with Gasteiger partial charge in [-0.2, -0.15) is 0 Å². The number of rotatable bonds is 3. The van der Waals surface area contributed by atoms with Gasteiger partial charge in [-0.05, 0) is 92.6 Å². The van der Waals surface area contributed by atoms with Crippen LogP contribution in [0.5, 0.6) is 5.75 Å². The fraction of sp³-hybridized carbons (Fsp3) is 0.350. The van der Waals surface area contributed by atoms with Crippen molar-refractivity contribution in [1.82, 2.24) is 29.0 Å². The molecule has 10 nitrogen and oxygen atoms in total. The Morgan fingerprint density at radius 3 is 2.67 bits per heavy atom. The number of nitrogens with two attached hydrogens (primary N) is 1. The monoisotopic (exact) mass is 687 g/mol. The summed E-state index contributed by atoms with van der Waals surface area (Å²) in [6.07, 6.45) is 5.60. The predicted octanol–water partition coefficient (Wildman–Crippen LogP) is 6.25. The van der Waals surface area contributed by atoms with Gasteiger partial charge in [-0.15, -0.1) is 0 Å². The second-order valence-electron chi connectivity index (χ2n) is 14.4. The van der Waals surface area contributed by atoms with Crippen LogP contribution in [0.2, 0.25) is 0 Å². The number of hydrogen-bond acceptors (Lipinski definition) is 7. The first kappa shape index (κ1) is 33.0. The van der Waals surface area contributed by atoms with Crippen LogP contribution in [0.1, 0.15) is 60.3 Å². The van der Waals surface area contributed by atoms with Crippen LogP contribution < -0.4 is 10.5 Å². The van der Waals surface area contributed by atoms with E-state index in [2.05, 4.69) is 50.5 Å². The van der Waals surface area contributed by atoms with Crippen LogP contribution >= 0.6 is 0 Å². The molecule has 0 spiro atoms. The fourth-order valence-electron chi connectivity index (χ4n) is 7.67. The molecule has 1 saturated heterocycles. The van der Waals surface area contributed by atoms with E-state index in [1.165, 1.54) is 10.5 Å². The minimum atomic E-state index is -1.17. The maximum atomic E-state index is 14.5. The van der Waals surface area contributed by atoms with E-state index in [9.17, 15) is 14.3 Å². The number of ether oxygens (including phenoxy) is 1. The van der Waals surface area contributed by atoms with Crippen LogP contribution in [0, 0.1) is 0 Å². The quantitative estimate of drug-likeness (QED) is 0.226. The number of pyridine rings is 2. The standard InChI is InChI=1S/C40H42FN7O3/c1-40(2,50)35-12-11-26-16-33-38-44-32-15-27(39(49)46-22-29(41)18-30(42)23-46)17-34(51-3)36(32)48(38)21-24-14-28(20-43-19-24)31-10-5-4-8-25(31)9-6-7-13-47(33)37(26)45-35/h4-5,8,10-12,14-17,19-20,29-30,50H,6-7,9,13,18,21-23,42H2,1-3H3/t29-,30-/m1/s1. The van der Waals surface area contributed by atoms with Crippen molar-refractivity contribution < 1.29 is 19.0 Å². The maximum absolute atomic E-state index is 14.5. The molecule has 2 aliphatic heterocycles. The summed E-state index contributed by atoms with van der Waals surface area (Å²) >= 11 is 0. The molecule has 8 rings (SSSR count). The highest BCUT2D eigenvalue weighted by molar-refractivity contribution is 6.00. The Labute approximate surface area is 295 Å². The zero-order chi connectivity index (χ0) is 35.4. The number of nitrogens with zero attached hydrogens (tertiary/aromatic N) is 6. The summed E-state index contributed by atoms with van der Waals surface area (Å²) in [4.78, 5) is 30.2. The van der Waals surface area contributed by atoms with Gasteiger partial charge in [0.1, 0.15) is 28.7 Å². The first-order valence-corrected chi connectivity index (χ1v) is 17.6. The molecule has 6 heterocycles. The molecular formula is C40H42FN7O3. The number of aromatic nitrogens is 5. The van der Waals surface area contributed by atoms with Crippen molar-refractivity contribution in [3.05, 3.63) is 95.4 Å². The lowest BCUT2D eigenvalue weighted by Gasteiger charge is -2.33. The molecule has 4 aromatic heterocycles. The zero-order valence-electron chi connectivity index (χ0n) is 29.1. The number of piperidine rings is 1. The summed E-state index contributed by atoms with van der Waals surface area (Å²) in [7, 11) is 1.58. The molecule has 2 aliphatic rings. The smallest absolute Gasteiger partial charge is 0.254 e. The summed E-state index contributed by atoms with van der Waals surface area (Å²) in [5.74, 6) is 0.853. The number of carbonyl (C=O) groups excluding carboxylic acids is 1. The van der Waals surface area contributed by atoms with E-state index < -0.39 is 17.8 Å². The first-order valence-electron chi connectivity index (χ1n) is 17.6. The summed E-state index contributed by atoms with van der Waals surface area (Å²) < 4.78 is 24.8. The Balaban J connectivity index is 1.36. The van der Waals surface area contributed by atoms with Gasteiger partial charge in [0.15, 0.2) is 5.82 Å². The Kier molecular flexibility index (Phi) is 8.35. The minimum absolute atomic E-state index is 0.00121. The number of methoxy groups -OCH3 is 1. The van der Waals surface area contributed by atoms with Gasteiger partial charge >= 0.3 is 0 Å². The van der Waals surface area contributed by atoms with Gasteiger partial charge in [-0.3, -0.25) is 9.78 Å². The van der Waals surface area contributed by atoms with Gasteiger partial charge in [-0.25, -0.2) is 14.4 Å². The Morgan fingerprint density at radius 2 is 1.86 bits per heavy atom. The van der Waals surface area contributed by atoms with Gasteiger partial charge in [0, 0.05) is 48.0 Å². The first-order chi connectivity index (χ1) is 24.6. The van der Waals surface area contributed by atoms with Gasteiger partial charge in [0.05, 0.1) is 37.1 Å². The molecule has 51 heavy (non-hydrogen) atoms. The van der Waals surface area contributed by atoms with Gasteiger partial charge in [0.2, 0.25) is 0 Å². The molecular weight excluding hydrogens is 645 g/mol. The predicted molar refractivity (Wildman–Crippen MR) is 195 cm³/mol. The van der Waals surface area contributed by atoms with Crippen molar-refractivity contribution in [1.29, 1.82) is 0 Å². The van der Waals surface area contributed by atoms with Gasteiger partial charge < -0.3 is 29.6 Å². The number of alkyl halides is 1. The molecule has 6 aromatic rings. The van der Waals surface area contributed by atoms with E-state index in [4.69, 9.17) is 20.4 Å². The number of carbonyl (C=O) groups is 1. The van der Waals surface area contributed by atoms with E-state index in [0.29, 0.717) is 41.4 Å². The maximum Gasteiger partial charge on any atom is 0.254 e. The number of likely N-dealkylation sites (tertiary alicyclic amines) is 1. The summed E-state index contributed by atoms with van der Waals surface area (Å²) in [5, 5.41) is 11.8.